The quantitative estimate of drug-likeness (QED) is 0.795. The third kappa shape index (κ3) is 3.30. The standard InChI is InChI=1S/C12H12BrFO2/c13-11-6-10(14)4-3-9(11)5-12(15)16-7-8-1-2-8/h3-4,6,8H,1-2,5,7H2. The Balaban J connectivity index is 1.89. The van der Waals surface area contributed by atoms with Gasteiger partial charge in [0.25, 0.3) is 0 Å². The minimum Gasteiger partial charge on any atom is -0.465 e. The van der Waals surface area contributed by atoms with E-state index < -0.39 is 0 Å². The molecule has 1 saturated carbocycles. The van der Waals surface area contributed by atoms with E-state index in [0.717, 1.165) is 18.4 Å². The van der Waals surface area contributed by atoms with Crippen molar-refractivity contribution in [2.45, 2.75) is 19.3 Å². The highest BCUT2D eigenvalue weighted by atomic mass is 79.9. The van der Waals surface area contributed by atoms with E-state index in [1.54, 1.807) is 6.07 Å². The average Bonchev–Trinajstić information content (AvgIpc) is 3.03. The van der Waals surface area contributed by atoms with Crippen molar-refractivity contribution in [2.75, 3.05) is 6.61 Å². The SMILES string of the molecule is O=C(Cc1ccc(F)cc1Br)OCC1CC1. The lowest BCUT2D eigenvalue weighted by molar-refractivity contribution is -0.143. The molecule has 1 aliphatic carbocycles. The lowest BCUT2D eigenvalue weighted by atomic mass is 10.1. The van der Waals surface area contributed by atoms with E-state index >= 15 is 0 Å². The van der Waals surface area contributed by atoms with E-state index in [2.05, 4.69) is 15.9 Å². The third-order valence-corrected chi connectivity index (χ3v) is 3.27. The molecule has 1 aromatic rings. The molecule has 0 unspecified atom stereocenters. The molecule has 0 atom stereocenters. The summed E-state index contributed by atoms with van der Waals surface area (Å²) in [6.07, 6.45) is 2.51. The van der Waals surface area contributed by atoms with Gasteiger partial charge < -0.3 is 4.74 Å². The van der Waals surface area contributed by atoms with Gasteiger partial charge in [0, 0.05) is 4.47 Å². The fourth-order valence-corrected chi connectivity index (χ4v) is 1.86. The number of ether oxygens (including phenoxy) is 1. The molecule has 0 aromatic heterocycles. The Morgan fingerprint density at radius 2 is 2.25 bits per heavy atom. The van der Waals surface area contributed by atoms with Crippen LogP contribution in [0.3, 0.4) is 0 Å². The van der Waals surface area contributed by atoms with Gasteiger partial charge in [-0.25, -0.2) is 4.39 Å². The maximum atomic E-state index is 12.8. The smallest absolute Gasteiger partial charge is 0.310 e. The summed E-state index contributed by atoms with van der Waals surface area (Å²) in [5, 5.41) is 0. The predicted molar refractivity (Wildman–Crippen MR) is 61.5 cm³/mol. The Morgan fingerprint density at radius 3 is 2.88 bits per heavy atom. The second-order valence-corrected chi connectivity index (χ2v) is 4.89. The predicted octanol–water partition coefficient (Wildman–Crippen LogP) is 3.08. The number of esters is 1. The zero-order valence-corrected chi connectivity index (χ0v) is 10.3. The number of benzene rings is 1. The first-order valence-corrected chi connectivity index (χ1v) is 6.04. The number of carbonyl (C=O) groups is 1. The molecule has 0 aliphatic heterocycles. The summed E-state index contributed by atoms with van der Waals surface area (Å²) in [7, 11) is 0. The normalized spacial score (nSPS) is 14.9. The van der Waals surface area contributed by atoms with E-state index in [9.17, 15) is 9.18 Å². The second kappa shape index (κ2) is 4.95. The highest BCUT2D eigenvalue weighted by Crippen LogP contribution is 2.29. The third-order valence-electron chi connectivity index (χ3n) is 2.53. The zero-order valence-electron chi connectivity index (χ0n) is 8.71. The Morgan fingerprint density at radius 1 is 1.50 bits per heavy atom. The largest absolute Gasteiger partial charge is 0.465 e. The second-order valence-electron chi connectivity index (χ2n) is 4.04. The first-order chi connectivity index (χ1) is 7.65. The highest BCUT2D eigenvalue weighted by Gasteiger charge is 2.23. The van der Waals surface area contributed by atoms with Gasteiger partial charge in [-0.2, -0.15) is 0 Å². The van der Waals surface area contributed by atoms with Crippen LogP contribution in [-0.4, -0.2) is 12.6 Å². The van der Waals surface area contributed by atoms with Gasteiger partial charge in [0.15, 0.2) is 0 Å². The first-order valence-electron chi connectivity index (χ1n) is 5.24. The fraction of sp³-hybridized carbons (Fsp3) is 0.417. The number of hydrogen-bond donors (Lipinski definition) is 0. The average molecular weight is 287 g/mol. The van der Waals surface area contributed by atoms with Gasteiger partial charge in [0.05, 0.1) is 13.0 Å². The Bertz CT molecular complexity index is 402. The van der Waals surface area contributed by atoms with Gasteiger partial charge in [-0.3, -0.25) is 4.79 Å². The van der Waals surface area contributed by atoms with Crippen LogP contribution in [0.1, 0.15) is 18.4 Å². The van der Waals surface area contributed by atoms with Gasteiger partial charge in [0.1, 0.15) is 5.82 Å². The Kier molecular flexibility index (Phi) is 3.59. The van der Waals surface area contributed by atoms with Gasteiger partial charge in [0.2, 0.25) is 0 Å². The van der Waals surface area contributed by atoms with Crippen molar-refractivity contribution in [1.82, 2.24) is 0 Å². The van der Waals surface area contributed by atoms with Crippen LogP contribution in [0.15, 0.2) is 22.7 Å². The molecule has 86 valence electrons. The lowest BCUT2D eigenvalue weighted by Gasteiger charge is -2.05. The lowest BCUT2D eigenvalue weighted by Crippen LogP contribution is -2.10. The molecular formula is C12H12BrFO2. The summed E-state index contributed by atoms with van der Waals surface area (Å²) in [5.74, 6) is 0.00166. The Labute approximate surface area is 102 Å². The van der Waals surface area contributed by atoms with Crippen LogP contribution in [0, 0.1) is 11.7 Å². The van der Waals surface area contributed by atoms with Gasteiger partial charge in [-0.1, -0.05) is 22.0 Å². The summed E-state index contributed by atoms with van der Waals surface area (Å²) in [5.41, 5.74) is 0.752. The number of halogens is 2. The molecule has 1 fully saturated rings. The molecule has 0 amide bonds. The van der Waals surface area contributed by atoms with E-state index in [1.165, 1.54) is 12.1 Å². The van der Waals surface area contributed by atoms with E-state index in [1.807, 2.05) is 0 Å². The summed E-state index contributed by atoms with van der Waals surface area (Å²) in [6.45, 7) is 0.525. The first kappa shape index (κ1) is 11.6. The molecule has 0 radical (unpaired) electrons. The summed E-state index contributed by atoms with van der Waals surface area (Å²) in [6, 6.07) is 4.29. The highest BCUT2D eigenvalue weighted by molar-refractivity contribution is 9.10. The van der Waals surface area contributed by atoms with Crippen LogP contribution < -0.4 is 0 Å². The summed E-state index contributed by atoms with van der Waals surface area (Å²) >= 11 is 3.22. The van der Waals surface area contributed by atoms with Crippen LogP contribution in [-0.2, 0) is 16.0 Å². The molecule has 16 heavy (non-hydrogen) atoms. The van der Waals surface area contributed by atoms with Crippen molar-refractivity contribution in [1.29, 1.82) is 0 Å². The molecule has 0 heterocycles. The van der Waals surface area contributed by atoms with E-state index in [4.69, 9.17) is 4.74 Å². The van der Waals surface area contributed by atoms with Crippen molar-refractivity contribution in [3.05, 3.63) is 34.1 Å². The molecule has 1 aromatic carbocycles. The summed E-state index contributed by atoms with van der Waals surface area (Å²) in [4.78, 5) is 11.4. The van der Waals surface area contributed by atoms with Crippen LogP contribution in [0.5, 0.6) is 0 Å². The topological polar surface area (TPSA) is 26.3 Å². The van der Waals surface area contributed by atoms with Crippen molar-refractivity contribution >= 4 is 21.9 Å². The molecule has 2 nitrogen and oxygen atoms in total. The molecule has 0 bridgehead atoms. The molecule has 0 N–H and O–H groups in total. The van der Waals surface area contributed by atoms with Crippen LogP contribution in [0.2, 0.25) is 0 Å². The number of rotatable bonds is 4. The molecule has 2 rings (SSSR count). The minimum absolute atomic E-state index is 0.188. The van der Waals surface area contributed by atoms with Crippen molar-refractivity contribution in [3.63, 3.8) is 0 Å². The van der Waals surface area contributed by atoms with Gasteiger partial charge >= 0.3 is 5.97 Å². The van der Waals surface area contributed by atoms with Gasteiger partial charge in [-0.15, -0.1) is 0 Å². The van der Waals surface area contributed by atoms with Crippen LogP contribution in [0.4, 0.5) is 4.39 Å². The van der Waals surface area contributed by atoms with Crippen LogP contribution in [0.25, 0.3) is 0 Å². The fourth-order valence-electron chi connectivity index (χ4n) is 1.37. The minimum atomic E-state index is -0.318. The maximum Gasteiger partial charge on any atom is 0.310 e. The number of carbonyl (C=O) groups excluding carboxylic acids is 1. The van der Waals surface area contributed by atoms with Crippen molar-refractivity contribution < 1.29 is 13.9 Å². The van der Waals surface area contributed by atoms with Crippen molar-refractivity contribution in [2.24, 2.45) is 5.92 Å². The molecular weight excluding hydrogens is 275 g/mol. The van der Waals surface area contributed by atoms with E-state index in [-0.39, 0.29) is 18.2 Å². The Hall–Kier alpha value is -0.900. The maximum absolute atomic E-state index is 12.8. The van der Waals surface area contributed by atoms with E-state index in [0.29, 0.717) is 17.0 Å². The molecule has 4 heteroatoms. The van der Waals surface area contributed by atoms with Crippen LogP contribution >= 0.6 is 15.9 Å². The monoisotopic (exact) mass is 286 g/mol. The number of hydrogen-bond acceptors (Lipinski definition) is 2. The van der Waals surface area contributed by atoms with Crippen molar-refractivity contribution in [3.8, 4) is 0 Å². The molecule has 0 spiro atoms. The van der Waals surface area contributed by atoms with Gasteiger partial charge in [-0.05, 0) is 36.5 Å². The zero-order chi connectivity index (χ0) is 11.5. The summed E-state index contributed by atoms with van der Waals surface area (Å²) < 4.78 is 18.5. The molecule has 1 aliphatic rings. The molecule has 0 saturated heterocycles.